The zero-order valence-electron chi connectivity index (χ0n) is 10.4. The van der Waals surface area contributed by atoms with Gasteiger partial charge in [0.1, 0.15) is 0 Å². The number of nitrogens with zero attached hydrogens (tertiary/aromatic N) is 2. The van der Waals surface area contributed by atoms with Crippen LogP contribution in [0.5, 0.6) is 0 Å². The molecule has 0 aromatic carbocycles. The zero-order valence-corrected chi connectivity index (χ0v) is 10.4. The lowest BCUT2D eigenvalue weighted by Crippen LogP contribution is -2.45. The first-order valence-corrected chi connectivity index (χ1v) is 5.44. The summed E-state index contributed by atoms with van der Waals surface area (Å²) < 4.78 is 12.4. The molecular formula is C11H21N3O2. The third-order valence-corrected chi connectivity index (χ3v) is 2.46. The minimum absolute atomic E-state index is 0.147. The van der Waals surface area contributed by atoms with Gasteiger partial charge in [-0.15, -0.1) is 0 Å². The van der Waals surface area contributed by atoms with Crippen LogP contribution in [0.4, 0.5) is 0 Å². The summed E-state index contributed by atoms with van der Waals surface area (Å²) in [5.74, 6) is 0. The zero-order chi connectivity index (χ0) is 12.0. The second-order valence-corrected chi connectivity index (χ2v) is 3.96. The maximum Gasteiger partial charge on any atom is 0.171 e. The maximum absolute atomic E-state index is 5.19. The van der Waals surface area contributed by atoms with Crippen molar-refractivity contribution in [3.05, 3.63) is 18.7 Å². The Morgan fingerprint density at radius 3 is 2.50 bits per heavy atom. The molecule has 0 bridgehead atoms. The molecule has 1 aromatic rings. The normalized spacial score (nSPS) is 15.3. The Bertz CT molecular complexity index is 273. The molecule has 92 valence electrons. The monoisotopic (exact) mass is 227 g/mol. The van der Waals surface area contributed by atoms with E-state index in [0.717, 1.165) is 6.54 Å². The molecule has 1 rings (SSSR count). The molecule has 0 fully saturated rings. The lowest BCUT2D eigenvalue weighted by atomic mass is 10.2. The number of nitrogens with one attached hydrogen (secondary N) is 1. The summed E-state index contributed by atoms with van der Waals surface area (Å²) in [5, 5.41) is 3.42. The topological polar surface area (TPSA) is 48.3 Å². The van der Waals surface area contributed by atoms with Crippen LogP contribution in [0.3, 0.4) is 0 Å². The van der Waals surface area contributed by atoms with E-state index in [2.05, 4.69) is 17.2 Å². The van der Waals surface area contributed by atoms with Crippen molar-refractivity contribution in [2.24, 2.45) is 0 Å². The van der Waals surface area contributed by atoms with Crippen LogP contribution in [0.25, 0.3) is 0 Å². The van der Waals surface area contributed by atoms with Gasteiger partial charge in [-0.05, 0) is 13.8 Å². The lowest BCUT2D eigenvalue weighted by molar-refractivity contribution is -0.120. The highest BCUT2D eigenvalue weighted by Gasteiger charge is 2.17. The summed E-state index contributed by atoms with van der Waals surface area (Å²) in [4.78, 5) is 4.01. The molecule has 5 nitrogen and oxygen atoms in total. The van der Waals surface area contributed by atoms with Crippen LogP contribution in [0.15, 0.2) is 18.7 Å². The minimum atomic E-state index is -0.217. The SMILES string of the molecule is COC(OC)C(C)NC(C)Cn1ccnc1. The van der Waals surface area contributed by atoms with Crippen LogP contribution in [0, 0.1) is 0 Å². The largest absolute Gasteiger partial charge is 0.354 e. The van der Waals surface area contributed by atoms with Gasteiger partial charge in [0, 0.05) is 39.2 Å². The van der Waals surface area contributed by atoms with E-state index in [1.807, 2.05) is 24.0 Å². The van der Waals surface area contributed by atoms with Crippen molar-refractivity contribution in [2.75, 3.05) is 14.2 Å². The van der Waals surface area contributed by atoms with Crippen molar-refractivity contribution < 1.29 is 9.47 Å². The van der Waals surface area contributed by atoms with Crippen molar-refractivity contribution in [1.82, 2.24) is 14.9 Å². The molecule has 0 amide bonds. The average molecular weight is 227 g/mol. The number of imidazole rings is 1. The summed E-state index contributed by atoms with van der Waals surface area (Å²) in [7, 11) is 3.29. The van der Waals surface area contributed by atoms with Gasteiger partial charge in [-0.25, -0.2) is 4.98 Å². The van der Waals surface area contributed by atoms with Crippen LogP contribution < -0.4 is 5.32 Å². The molecule has 2 unspecified atom stereocenters. The third-order valence-electron chi connectivity index (χ3n) is 2.46. The fraction of sp³-hybridized carbons (Fsp3) is 0.727. The van der Waals surface area contributed by atoms with Crippen LogP contribution in [0.1, 0.15) is 13.8 Å². The Morgan fingerprint density at radius 1 is 1.31 bits per heavy atom. The molecular weight excluding hydrogens is 206 g/mol. The van der Waals surface area contributed by atoms with Crippen LogP contribution >= 0.6 is 0 Å². The van der Waals surface area contributed by atoms with Crippen molar-refractivity contribution in [3.8, 4) is 0 Å². The van der Waals surface area contributed by atoms with Crippen molar-refractivity contribution in [3.63, 3.8) is 0 Å². The highest BCUT2D eigenvalue weighted by atomic mass is 16.7. The summed E-state index contributed by atoms with van der Waals surface area (Å²) in [6.45, 7) is 5.05. The summed E-state index contributed by atoms with van der Waals surface area (Å²) in [6.07, 6.45) is 5.33. The average Bonchev–Trinajstić information content (AvgIpc) is 2.71. The predicted octanol–water partition coefficient (Wildman–Crippen LogP) is 0.869. The van der Waals surface area contributed by atoms with Gasteiger partial charge in [0.25, 0.3) is 0 Å². The molecule has 1 aromatic heterocycles. The van der Waals surface area contributed by atoms with E-state index < -0.39 is 0 Å². The predicted molar refractivity (Wildman–Crippen MR) is 62.1 cm³/mol. The molecule has 5 heteroatoms. The molecule has 1 N–H and O–H groups in total. The van der Waals surface area contributed by atoms with Crippen LogP contribution in [-0.2, 0) is 16.0 Å². The summed E-state index contributed by atoms with van der Waals surface area (Å²) >= 11 is 0. The van der Waals surface area contributed by atoms with Gasteiger partial charge in [-0.3, -0.25) is 0 Å². The Hall–Kier alpha value is -0.910. The Kier molecular flexibility index (Phi) is 5.45. The number of methoxy groups -OCH3 is 2. The lowest BCUT2D eigenvalue weighted by Gasteiger charge is -2.25. The molecule has 0 spiro atoms. The molecule has 16 heavy (non-hydrogen) atoms. The molecule has 0 saturated heterocycles. The number of rotatable bonds is 7. The van der Waals surface area contributed by atoms with Gasteiger partial charge >= 0.3 is 0 Å². The highest BCUT2D eigenvalue weighted by Crippen LogP contribution is 2.01. The Morgan fingerprint density at radius 2 is 2.00 bits per heavy atom. The van der Waals surface area contributed by atoms with E-state index in [0.29, 0.717) is 6.04 Å². The van der Waals surface area contributed by atoms with Gasteiger partial charge in [0.15, 0.2) is 6.29 Å². The second-order valence-electron chi connectivity index (χ2n) is 3.96. The first-order chi connectivity index (χ1) is 7.67. The van der Waals surface area contributed by atoms with Gasteiger partial charge < -0.3 is 19.4 Å². The third kappa shape index (κ3) is 3.92. The van der Waals surface area contributed by atoms with Crippen LogP contribution in [0.2, 0.25) is 0 Å². The van der Waals surface area contributed by atoms with Crippen molar-refractivity contribution in [1.29, 1.82) is 0 Å². The Balaban J connectivity index is 2.35. The fourth-order valence-electron chi connectivity index (χ4n) is 1.80. The molecule has 0 saturated carbocycles. The number of hydrogen-bond donors (Lipinski definition) is 1. The fourth-order valence-corrected chi connectivity index (χ4v) is 1.80. The van der Waals surface area contributed by atoms with E-state index in [4.69, 9.17) is 9.47 Å². The summed E-state index contributed by atoms with van der Waals surface area (Å²) in [6, 6.07) is 0.477. The maximum atomic E-state index is 5.19. The van der Waals surface area contributed by atoms with Crippen molar-refractivity contribution in [2.45, 2.75) is 38.8 Å². The van der Waals surface area contributed by atoms with Gasteiger partial charge in [-0.2, -0.15) is 0 Å². The highest BCUT2D eigenvalue weighted by molar-refractivity contribution is 4.78. The van der Waals surface area contributed by atoms with Gasteiger partial charge in [-0.1, -0.05) is 0 Å². The van der Waals surface area contributed by atoms with Gasteiger partial charge in [0.05, 0.1) is 12.4 Å². The minimum Gasteiger partial charge on any atom is -0.354 e. The molecule has 1 heterocycles. The van der Waals surface area contributed by atoms with Crippen LogP contribution in [-0.4, -0.2) is 42.1 Å². The number of ether oxygens (including phenoxy) is 2. The Labute approximate surface area is 96.8 Å². The van der Waals surface area contributed by atoms with E-state index in [1.54, 1.807) is 20.4 Å². The van der Waals surface area contributed by atoms with E-state index in [-0.39, 0.29) is 12.3 Å². The first kappa shape index (κ1) is 13.2. The number of aromatic nitrogens is 2. The quantitative estimate of drug-likeness (QED) is 0.702. The smallest absolute Gasteiger partial charge is 0.171 e. The molecule has 2 atom stereocenters. The first-order valence-electron chi connectivity index (χ1n) is 5.44. The molecule has 0 radical (unpaired) electrons. The van der Waals surface area contributed by atoms with E-state index in [1.165, 1.54) is 0 Å². The van der Waals surface area contributed by atoms with E-state index in [9.17, 15) is 0 Å². The van der Waals surface area contributed by atoms with Gasteiger partial charge in [0.2, 0.25) is 0 Å². The summed E-state index contributed by atoms with van der Waals surface area (Å²) in [5.41, 5.74) is 0. The molecule has 0 aliphatic carbocycles. The van der Waals surface area contributed by atoms with Crippen molar-refractivity contribution >= 4 is 0 Å². The standard InChI is InChI=1S/C11H21N3O2/c1-9(7-14-6-5-12-8-14)13-10(2)11(15-3)16-4/h5-6,8-11,13H,7H2,1-4H3. The second kappa shape index (κ2) is 6.62. The molecule has 0 aliphatic heterocycles. The van der Waals surface area contributed by atoms with E-state index >= 15 is 0 Å². The number of hydrogen-bond acceptors (Lipinski definition) is 4. The molecule has 0 aliphatic rings.